The quantitative estimate of drug-likeness (QED) is 0.200. The van der Waals surface area contributed by atoms with E-state index in [4.69, 9.17) is 21.0 Å². The van der Waals surface area contributed by atoms with Gasteiger partial charge in [-0.1, -0.05) is 19.4 Å². The first kappa shape index (κ1) is 22.8. The number of sulfonamides is 1. The van der Waals surface area contributed by atoms with Gasteiger partial charge in [0, 0.05) is 19.4 Å². The van der Waals surface area contributed by atoms with Crippen LogP contribution in [0.5, 0.6) is 5.75 Å². The van der Waals surface area contributed by atoms with E-state index < -0.39 is 22.0 Å². The van der Waals surface area contributed by atoms with Gasteiger partial charge in [-0.15, -0.1) is 0 Å². The highest BCUT2D eigenvalue weighted by atomic mass is 32.2. The maximum absolute atomic E-state index is 12.7. The molecule has 1 atom stereocenters. The van der Waals surface area contributed by atoms with Crippen molar-refractivity contribution in [2.75, 3.05) is 19.0 Å². The number of nitrogens with two attached hydrogens (primary N) is 2. The fourth-order valence-electron chi connectivity index (χ4n) is 3.01. The minimum absolute atomic E-state index is 0.0170. The zero-order valence-electron chi connectivity index (χ0n) is 16.4. The van der Waals surface area contributed by atoms with Gasteiger partial charge in [-0.3, -0.25) is 4.79 Å². The Kier molecular flexibility index (Phi) is 8.09. The molecule has 0 aliphatic carbocycles. The van der Waals surface area contributed by atoms with Crippen molar-refractivity contribution in [1.82, 2.24) is 4.31 Å². The minimum Gasteiger partial charge on any atom is -0.493 e. The van der Waals surface area contributed by atoms with Crippen molar-refractivity contribution in [3.05, 3.63) is 29.3 Å². The Morgan fingerprint density at radius 3 is 2.69 bits per heavy atom. The predicted octanol–water partition coefficient (Wildman–Crippen LogP) is 0.602. The zero-order valence-corrected chi connectivity index (χ0v) is 17.2. The van der Waals surface area contributed by atoms with Gasteiger partial charge in [0.25, 0.3) is 0 Å². The van der Waals surface area contributed by atoms with Crippen LogP contribution in [0.1, 0.15) is 37.3 Å². The highest BCUT2D eigenvalue weighted by Gasteiger charge is 2.38. The molecule has 29 heavy (non-hydrogen) atoms. The summed E-state index contributed by atoms with van der Waals surface area (Å²) < 4.78 is 32.1. The van der Waals surface area contributed by atoms with Crippen LogP contribution in [0.3, 0.4) is 0 Å². The maximum Gasteiger partial charge on any atom is 0.322 e. The second-order valence-corrected chi connectivity index (χ2v) is 8.80. The van der Waals surface area contributed by atoms with Crippen LogP contribution in [0.15, 0.2) is 23.4 Å². The van der Waals surface area contributed by atoms with Gasteiger partial charge in [0.05, 0.1) is 12.4 Å². The van der Waals surface area contributed by atoms with Crippen LogP contribution in [0, 0.1) is 0 Å². The third-order valence-corrected chi connectivity index (χ3v) is 6.38. The lowest BCUT2D eigenvalue weighted by molar-refractivity contribution is -0.141. The molecule has 1 aliphatic rings. The van der Waals surface area contributed by atoms with Gasteiger partial charge in [-0.05, 0) is 34.8 Å². The summed E-state index contributed by atoms with van der Waals surface area (Å²) in [5.74, 6) is -0.782. The Balaban J connectivity index is 2.06. The SMILES string of the molecule is CCCCS(=O)(=O)N1Cc2cc(OCCCON=C(N)N)ccc2C[C@H]1C(=O)O. The normalized spacial score (nSPS) is 16.7. The van der Waals surface area contributed by atoms with E-state index >= 15 is 0 Å². The molecule has 0 saturated carbocycles. The van der Waals surface area contributed by atoms with Crippen LogP contribution in [-0.2, 0) is 32.6 Å². The molecule has 0 radical (unpaired) electrons. The second kappa shape index (κ2) is 10.3. The van der Waals surface area contributed by atoms with Crippen LogP contribution >= 0.6 is 0 Å². The van der Waals surface area contributed by atoms with Crippen molar-refractivity contribution in [2.24, 2.45) is 16.6 Å². The molecule has 10 nitrogen and oxygen atoms in total. The summed E-state index contributed by atoms with van der Waals surface area (Å²) >= 11 is 0. The van der Waals surface area contributed by atoms with Crippen molar-refractivity contribution in [2.45, 2.75) is 45.2 Å². The Morgan fingerprint density at radius 1 is 1.28 bits per heavy atom. The van der Waals surface area contributed by atoms with Crippen LogP contribution in [-0.4, -0.2) is 54.8 Å². The van der Waals surface area contributed by atoms with E-state index in [0.717, 1.165) is 15.4 Å². The van der Waals surface area contributed by atoms with Gasteiger partial charge in [0.15, 0.2) is 0 Å². The molecule has 1 heterocycles. The molecule has 162 valence electrons. The summed E-state index contributed by atoms with van der Waals surface area (Å²) in [7, 11) is -3.67. The van der Waals surface area contributed by atoms with Gasteiger partial charge >= 0.3 is 5.97 Å². The molecule has 0 bridgehead atoms. The highest BCUT2D eigenvalue weighted by molar-refractivity contribution is 7.89. The van der Waals surface area contributed by atoms with Crippen molar-refractivity contribution < 1.29 is 27.9 Å². The predicted molar refractivity (Wildman–Crippen MR) is 108 cm³/mol. The summed E-state index contributed by atoms with van der Waals surface area (Å²) in [5, 5.41) is 12.9. The Hall–Kier alpha value is -2.53. The summed E-state index contributed by atoms with van der Waals surface area (Å²) in [4.78, 5) is 16.5. The molecule has 2 rings (SSSR count). The molecule has 0 aromatic heterocycles. The van der Waals surface area contributed by atoms with Gasteiger partial charge in [0.2, 0.25) is 16.0 Å². The third-order valence-electron chi connectivity index (χ3n) is 4.48. The number of fused-ring (bicyclic) bond motifs is 1. The van der Waals surface area contributed by atoms with E-state index in [9.17, 15) is 18.3 Å². The first-order chi connectivity index (χ1) is 13.7. The number of nitrogens with zero attached hydrogens (tertiary/aromatic N) is 2. The number of carbonyl (C=O) groups is 1. The number of benzene rings is 1. The van der Waals surface area contributed by atoms with Gasteiger partial charge in [-0.2, -0.15) is 4.31 Å². The number of carboxylic acids is 1. The highest BCUT2D eigenvalue weighted by Crippen LogP contribution is 2.29. The Bertz CT molecular complexity index is 839. The van der Waals surface area contributed by atoms with Gasteiger partial charge in [-0.25, -0.2) is 8.42 Å². The number of carboxylic acid groups (broad SMARTS) is 1. The van der Waals surface area contributed by atoms with Crippen molar-refractivity contribution in [3.63, 3.8) is 0 Å². The van der Waals surface area contributed by atoms with E-state index in [1.807, 2.05) is 6.92 Å². The van der Waals surface area contributed by atoms with Crippen LogP contribution in [0.25, 0.3) is 0 Å². The van der Waals surface area contributed by atoms with E-state index in [1.165, 1.54) is 0 Å². The first-order valence-electron chi connectivity index (χ1n) is 9.42. The monoisotopic (exact) mass is 428 g/mol. The largest absolute Gasteiger partial charge is 0.493 e. The average molecular weight is 429 g/mol. The van der Waals surface area contributed by atoms with E-state index in [-0.39, 0.29) is 31.3 Å². The fraction of sp³-hybridized carbons (Fsp3) is 0.556. The topological polar surface area (TPSA) is 158 Å². The lowest BCUT2D eigenvalue weighted by Gasteiger charge is -2.33. The molecule has 0 unspecified atom stereocenters. The van der Waals surface area contributed by atoms with E-state index in [1.54, 1.807) is 18.2 Å². The molecule has 0 fully saturated rings. The zero-order chi connectivity index (χ0) is 21.4. The van der Waals surface area contributed by atoms with E-state index in [0.29, 0.717) is 31.6 Å². The molecular formula is C18H28N4O6S. The molecule has 0 amide bonds. The molecule has 1 aliphatic heterocycles. The van der Waals surface area contributed by atoms with Gasteiger partial charge in [0.1, 0.15) is 18.4 Å². The number of aliphatic carboxylic acids is 1. The number of rotatable bonds is 11. The number of ether oxygens (including phenoxy) is 1. The molecule has 0 spiro atoms. The first-order valence-corrected chi connectivity index (χ1v) is 11.0. The number of unbranched alkanes of at least 4 members (excludes halogenated alkanes) is 1. The van der Waals surface area contributed by atoms with E-state index in [2.05, 4.69) is 5.16 Å². The summed E-state index contributed by atoms with van der Waals surface area (Å²) in [6.45, 7) is 2.55. The van der Waals surface area contributed by atoms with Gasteiger partial charge < -0.3 is 26.1 Å². The smallest absolute Gasteiger partial charge is 0.322 e. The number of oxime groups is 1. The Morgan fingerprint density at radius 2 is 2.03 bits per heavy atom. The molecule has 1 aromatic rings. The number of hydrogen-bond acceptors (Lipinski definition) is 6. The second-order valence-electron chi connectivity index (χ2n) is 6.75. The number of guanidine groups is 1. The molecular weight excluding hydrogens is 400 g/mol. The Labute approximate surface area is 170 Å². The number of hydrogen-bond donors (Lipinski definition) is 3. The lowest BCUT2D eigenvalue weighted by atomic mass is 9.95. The van der Waals surface area contributed by atoms with Crippen molar-refractivity contribution >= 4 is 22.0 Å². The standard InChI is InChI=1S/C18H28N4O6S/c1-2-3-9-29(25,26)22-12-14-10-15(27-7-4-8-28-21-18(19)20)6-5-13(14)11-16(22)17(23)24/h5-6,10,16H,2-4,7-9,11-12H2,1H3,(H,23,24)(H4,19,20,21)/t16-/m0/s1. The molecule has 1 aromatic carbocycles. The molecule has 11 heteroatoms. The maximum atomic E-state index is 12.7. The lowest BCUT2D eigenvalue weighted by Crippen LogP contribution is -2.49. The summed E-state index contributed by atoms with van der Waals surface area (Å²) in [6.07, 6.45) is 1.88. The summed E-state index contributed by atoms with van der Waals surface area (Å²) in [5.41, 5.74) is 11.9. The third kappa shape index (κ3) is 6.50. The van der Waals surface area contributed by atoms with Crippen LogP contribution < -0.4 is 16.2 Å². The fourth-order valence-corrected chi connectivity index (χ4v) is 4.78. The summed E-state index contributed by atoms with van der Waals surface area (Å²) in [6, 6.07) is 4.19. The molecule has 5 N–H and O–H groups in total. The van der Waals surface area contributed by atoms with Crippen molar-refractivity contribution in [3.8, 4) is 5.75 Å². The van der Waals surface area contributed by atoms with Crippen molar-refractivity contribution in [1.29, 1.82) is 0 Å². The minimum atomic E-state index is -3.67. The molecule has 0 saturated heterocycles. The van der Waals surface area contributed by atoms with Crippen LogP contribution in [0.4, 0.5) is 0 Å². The van der Waals surface area contributed by atoms with Crippen LogP contribution in [0.2, 0.25) is 0 Å². The average Bonchev–Trinajstić information content (AvgIpc) is 2.67.